The summed E-state index contributed by atoms with van der Waals surface area (Å²) in [6.07, 6.45) is 5.84. The topological polar surface area (TPSA) is 35.5 Å². The third-order valence-electron chi connectivity index (χ3n) is 4.27. The molecule has 116 valence electrons. The molecule has 0 aromatic heterocycles. The third kappa shape index (κ3) is 4.03. The van der Waals surface area contributed by atoms with Crippen LogP contribution in [-0.2, 0) is 4.74 Å². The Morgan fingerprint density at radius 1 is 1.33 bits per heavy atom. The van der Waals surface area contributed by atoms with Crippen LogP contribution in [0, 0.1) is 11.7 Å². The predicted octanol–water partition coefficient (Wildman–Crippen LogP) is 4.00. The van der Waals surface area contributed by atoms with Gasteiger partial charge in [-0.25, -0.2) is 4.39 Å². The molecule has 0 radical (unpaired) electrons. The van der Waals surface area contributed by atoms with Crippen LogP contribution in [0.15, 0.2) is 18.2 Å². The molecule has 2 unspecified atom stereocenters. The predicted molar refractivity (Wildman–Crippen MR) is 79.3 cm³/mol. The fraction of sp³-hybridized carbons (Fsp3) is 0.588. The molecule has 2 rings (SSSR count). The molecule has 0 spiro atoms. The van der Waals surface area contributed by atoms with Crippen LogP contribution >= 0.6 is 0 Å². The van der Waals surface area contributed by atoms with E-state index in [-0.39, 0.29) is 24.2 Å². The van der Waals surface area contributed by atoms with Crippen molar-refractivity contribution in [3.63, 3.8) is 0 Å². The lowest BCUT2D eigenvalue weighted by molar-refractivity contribution is -0.00571. The molecule has 21 heavy (non-hydrogen) atoms. The number of methoxy groups -OCH3 is 1. The number of ketones is 1. The van der Waals surface area contributed by atoms with Gasteiger partial charge in [-0.1, -0.05) is 26.2 Å². The summed E-state index contributed by atoms with van der Waals surface area (Å²) in [6, 6.07) is 4.26. The first-order valence-corrected chi connectivity index (χ1v) is 7.64. The van der Waals surface area contributed by atoms with Crippen LogP contribution in [0.5, 0.6) is 5.75 Å². The Bertz CT molecular complexity index is 487. The van der Waals surface area contributed by atoms with E-state index in [1.165, 1.54) is 32.1 Å². The monoisotopic (exact) mass is 294 g/mol. The summed E-state index contributed by atoms with van der Waals surface area (Å²) in [5.74, 6) is -0.0191. The van der Waals surface area contributed by atoms with Crippen molar-refractivity contribution in [3.8, 4) is 5.75 Å². The first-order chi connectivity index (χ1) is 10.2. The van der Waals surface area contributed by atoms with E-state index < -0.39 is 5.82 Å². The minimum absolute atomic E-state index is 0.0208. The van der Waals surface area contributed by atoms with Gasteiger partial charge in [-0.05, 0) is 37.0 Å². The quantitative estimate of drug-likeness (QED) is 0.744. The number of rotatable bonds is 6. The van der Waals surface area contributed by atoms with Crippen molar-refractivity contribution in [2.45, 2.75) is 45.1 Å². The first-order valence-electron chi connectivity index (χ1n) is 7.64. The number of benzene rings is 1. The Hall–Kier alpha value is -1.42. The highest BCUT2D eigenvalue weighted by molar-refractivity contribution is 5.97. The molecule has 0 bridgehead atoms. The van der Waals surface area contributed by atoms with Gasteiger partial charge in [0.05, 0.1) is 13.2 Å². The second kappa shape index (κ2) is 7.55. The normalized spacial score (nSPS) is 22.0. The molecule has 1 fully saturated rings. The molecule has 1 saturated carbocycles. The Labute approximate surface area is 125 Å². The zero-order valence-corrected chi connectivity index (χ0v) is 12.7. The van der Waals surface area contributed by atoms with E-state index in [0.29, 0.717) is 11.5 Å². The Morgan fingerprint density at radius 3 is 2.76 bits per heavy atom. The van der Waals surface area contributed by atoms with Crippen molar-refractivity contribution in [1.82, 2.24) is 0 Å². The summed E-state index contributed by atoms with van der Waals surface area (Å²) in [6.45, 7) is 2.18. The number of Topliss-reactive ketones (excluding diaryl/α,β-unsaturated/α-hetero) is 1. The van der Waals surface area contributed by atoms with E-state index in [1.54, 1.807) is 6.07 Å². The largest absolute Gasteiger partial charge is 0.494 e. The third-order valence-corrected chi connectivity index (χ3v) is 4.27. The lowest BCUT2D eigenvalue weighted by atomic mass is 9.85. The molecular weight excluding hydrogens is 271 g/mol. The van der Waals surface area contributed by atoms with Crippen molar-refractivity contribution >= 4 is 5.78 Å². The highest BCUT2D eigenvalue weighted by Gasteiger charge is 2.25. The molecule has 4 heteroatoms. The van der Waals surface area contributed by atoms with Gasteiger partial charge in [0.15, 0.2) is 17.3 Å². The summed E-state index contributed by atoms with van der Waals surface area (Å²) in [5, 5.41) is 0. The first kappa shape index (κ1) is 16.0. The molecule has 1 aliphatic rings. The Morgan fingerprint density at radius 2 is 2.10 bits per heavy atom. The van der Waals surface area contributed by atoms with Crippen LogP contribution in [0.2, 0.25) is 0 Å². The van der Waals surface area contributed by atoms with Gasteiger partial charge in [-0.2, -0.15) is 0 Å². The number of carbonyl (C=O) groups excluding carboxylic acids is 1. The number of carbonyl (C=O) groups is 1. The standard InChI is InChI=1S/C17H23FO3/c1-3-12-6-4-5-7-16(12)21-11-15(19)13-8-9-17(20-2)14(18)10-13/h8-10,12,16H,3-7,11H2,1-2H3. The van der Waals surface area contributed by atoms with E-state index in [4.69, 9.17) is 9.47 Å². The van der Waals surface area contributed by atoms with Crippen molar-refractivity contribution in [3.05, 3.63) is 29.6 Å². The molecule has 1 aliphatic carbocycles. The molecule has 1 aromatic carbocycles. The average molecular weight is 294 g/mol. The van der Waals surface area contributed by atoms with Crippen molar-refractivity contribution in [1.29, 1.82) is 0 Å². The SMILES string of the molecule is CCC1CCCCC1OCC(=O)c1ccc(OC)c(F)c1. The maximum absolute atomic E-state index is 13.6. The van der Waals surface area contributed by atoms with Gasteiger partial charge in [0, 0.05) is 5.56 Å². The molecule has 0 heterocycles. The van der Waals surface area contributed by atoms with Crippen molar-refractivity contribution in [2.75, 3.05) is 13.7 Å². The van der Waals surface area contributed by atoms with Gasteiger partial charge in [-0.15, -0.1) is 0 Å². The van der Waals surface area contributed by atoms with E-state index in [0.717, 1.165) is 19.3 Å². The van der Waals surface area contributed by atoms with E-state index in [2.05, 4.69) is 6.92 Å². The second-order valence-electron chi connectivity index (χ2n) is 5.57. The smallest absolute Gasteiger partial charge is 0.188 e. The lowest BCUT2D eigenvalue weighted by Gasteiger charge is -2.30. The van der Waals surface area contributed by atoms with E-state index in [1.807, 2.05) is 0 Å². The second-order valence-corrected chi connectivity index (χ2v) is 5.57. The fourth-order valence-corrected chi connectivity index (χ4v) is 2.97. The molecule has 2 atom stereocenters. The van der Waals surface area contributed by atoms with Gasteiger partial charge >= 0.3 is 0 Å². The summed E-state index contributed by atoms with van der Waals surface area (Å²) < 4.78 is 24.2. The van der Waals surface area contributed by atoms with Gasteiger partial charge in [0.2, 0.25) is 0 Å². The highest BCUT2D eigenvalue weighted by Crippen LogP contribution is 2.29. The Kier molecular flexibility index (Phi) is 5.74. The molecule has 0 amide bonds. The molecule has 0 saturated heterocycles. The minimum atomic E-state index is -0.521. The van der Waals surface area contributed by atoms with Crippen LogP contribution in [0.1, 0.15) is 49.4 Å². The molecule has 0 N–H and O–H groups in total. The van der Waals surface area contributed by atoms with Gasteiger partial charge < -0.3 is 9.47 Å². The Balaban J connectivity index is 1.93. The van der Waals surface area contributed by atoms with Gasteiger partial charge in [0.25, 0.3) is 0 Å². The lowest BCUT2D eigenvalue weighted by Crippen LogP contribution is -2.29. The molecule has 3 nitrogen and oxygen atoms in total. The van der Waals surface area contributed by atoms with Crippen molar-refractivity contribution < 1.29 is 18.7 Å². The zero-order valence-electron chi connectivity index (χ0n) is 12.7. The van der Waals surface area contributed by atoms with Crippen LogP contribution in [0.3, 0.4) is 0 Å². The molecule has 0 aliphatic heterocycles. The summed E-state index contributed by atoms with van der Waals surface area (Å²) >= 11 is 0. The number of halogens is 1. The van der Waals surface area contributed by atoms with Gasteiger partial charge in [-0.3, -0.25) is 4.79 Å². The van der Waals surface area contributed by atoms with Crippen LogP contribution in [-0.4, -0.2) is 25.6 Å². The average Bonchev–Trinajstić information content (AvgIpc) is 2.52. The van der Waals surface area contributed by atoms with E-state index in [9.17, 15) is 9.18 Å². The summed E-state index contributed by atoms with van der Waals surface area (Å²) in [7, 11) is 1.40. The zero-order chi connectivity index (χ0) is 15.2. The van der Waals surface area contributed by atoms with Gasteiger partial charge in [0.1, 0.15) is 6.61 Å². The number of ether oxygens (including phenoxy) is 2. The minimum Gasteiger partial charge on any atom is -0.494 e. The van der Waals surface area contributed by atoms with Crippen molar-refractivity contribution in [2.24, 2.45) is 5.92 Å². The van der Waals surface area contributed by atoms with E-state index >= 15 is 0 Å². The maximum Gasteiger partial charge on any atom is 0.188 e. The molecular formula is C17H23FO3. The maximum atomic E-state index is 13.6. The van der Waals surface area contributed by atoms with Crippen LogP contribution in [0.25, 0.3) is 0 Å². The molecule has 1 aromatic rings. The highest BCUT2D eigenvalue weighted by atomic mass is 19.1. The fourth-order valence-electron chi connectivity index (χ4n) is 2.97. The number of hydrogen-bond donors (Lipinski definition) is 0. The summed E-state index contributed by atoms with van der Waals surface area (Å²) in [4.78, 5) is 12.1. The summed E-state index contributed by atoms with van der Waals surface area (Å²) in [5.41, 5.74) is 0.331. The number of hydrogen-bond acceptors (Lipinski definition) is 3. The van der Waals surface area contributed by atoms with Crippen LogP contribution in [0.4, 0.5) is 4.39 Å². The van der Waals surface area contributed by atoms with Crippen LogP contribution < -0.4 is 4.74 Å².